The van der Waals surface area contributed by atoms with E-state index >= 15 is 0 Å². The van der Waals surface area contributed by atoms with Crippen LogP contribution < -0.4 is 0 Å². The zero-order chi connectivity index (χ0) is 19.0. The average Bonchev–Trinajstić information content (AvgIpc) is 3.36. The van der Waals surface area contributed by atoms with E-state index in [0.717, 1.165) is 17.1 Å². The van der Waals surface area contributed by atoms with Gasteiger partial charge in [-0.1, -0.05) is 29.8 Å². The van der Waals surface area contributed by atoms with Gasteiger partial charge in [0.25, 0.3) is 0 Å². The summed E-state index contributed by atoms with van der Waals surface area (Å²) >= 11 is 5.46. The lowest BCUT2D eigenvalue weighted by Crippen LogP contribution is -2.13. The van der Waals surface area contributed by atoms with Gasteiger partial charge in [0.05, 0.1) is 24.6 Å². The molecule has 0 unspecified atom stereocenters. The van der Waals surface area contributed by atoms with Crippen molar-refractivity contribution < 1.29 is 0 Å². The molecule has 0 spiro atoms. The predicted molar refractivity (Wildman–Crippen MR) is 106 cm³/mol. The smallest absolute Gasteiger partial charge is 0.200 e. The fraction of sp³-hybridized carbons (Fsp3) is 0.263. The van der Waals surface area contributed by atoms with Gasteiger partial charge in [0.15, 0.2) is 10.6 Å². The molecular formula is C19H21N7S. The first-order valence-electron chi connectivity index (χ1n) is 8.78. The molecule has 138 valence electrons. The van der Waals surface area contributed by atoms with Crippen LogP contribution in [-0.4, -0.2) is 34.3 Å². The highest BCUT2D eigenvalue weighted by molar-refractivity contribution is 7.71. The van der Waals surface area contributed by atoms with E-state index in [9.17, 15) is 0 Å². The summed E-state index contributed by atoms with van der Waals surface area (Å²) in [6.07, 6.45) is 7.62. The number of nitrogens with one attached hydrogen (secondary N) is 1. The monoisotopic (exact) mass is 379 g/mol. The Kier molecular flexibility index (Phi) is 4.49. The average molecular weight is 379 g/mol. The van der Waals surface area contributed by atoms with Crippen molar-refractivity contribution in [1.82, 2.24) is 34.3 Å². The highest BCUT2D eigenvalue weighted by Gasteiger charge is 2.18. The number of aromatic nitrogens is 7. The minimum atomic E-state index is -0.0629. The Morgan fingerprint density at radius 2 is 1.81 bits per heavy atom. The van der Waals surface area contributed by atoms with Gasteiger partial charge in [0.2, 0.25) is 0 Å². The van der Waals surface area contributed by atoms with Crippen LogP contribution in [0.2, 0.25) is 0 Å². The molecule has 0 radical (unpaired) electrons. The highest BCUT2D eigenvalue weighted by atomic mass is 32.1. The Labute approximate surface area is 162 Å². The fourth-order valence-corrected chi connectivity index (χ4v) is 3.28. The second kappa shape index (κ2) is 6.96. The summed E-state index contributed by atoms with van der Waals surface area (Å²) < 4.78 is 6.24. The largest absolute Gasteiger partial charge is 0.267 e. The first-order chi connectivity index (χ1) is 13.0. The Morgan fingerprint density at radius 1 is 1.04 bits per heavy atom. The lowest BCUT2D eigenvalue weighted by atomic mass is 10.1. The van der Waals surface area contributed by atoms with Crippen molar-refractivity contribution in [3.05, 3.63) is 76.3 Å². The van der Waals surface area contributed by atoms with Gasteiger partial charge in [-0.2, -0.15) is 15.3 Å². The van der Waals surface area contributed by atoms with Crippen LogP contribution in [0.15, 0.2) is 49.1 Å². The quantitative estimate of drug-likeness (QED) is 0.538. The molecule has 0 saturated carbocycles. The summed E-state index contributed by atoms with van der Waals surface area (Å²) in [6, 6.07) is 8.39. The Bertz CT molecular complexity index is 1110. The molecule has 0 aliphatic heterocycles. The van der Waals surface area contributed by atoms with Gasteiger partial charge in [0, 0.05) is 12.4 Å². The second-order valence-corrected chi connectivity index (χ2v) is 7.16. The van der Waals surface area contributed by atoms with Crippen LogP contribution >= 0.6 is 12.2 Å². The van der Waals surface area contributed by atoms with Crippen LogP contribution in [0.1, 0.15) is 35.5 Å². The molecule has 4 aromatic rings. The first kappa shape index (κ1) is 17.4. The van der Waals surface area contributed by atoms with Gasteiger partial charge in [0.1, 0.15) is 6.04 Å². The van der Waals surface area contributed by atoms with Crippen molar-refractivity contribution >= 4 is 12.2 Å². The molecule has 8 heteroatoms. The third-order valence-electron chi connectivity index (χ3n) is 4.54. The summed E-state index contributed by atoms with van der Waals surface area (Å²) in [5.74, 6) is 0.790. The summed E-state index contributed by atoms with van der Waals surface area (Å²) in [4.78, 5) is 0. The molecule has 7 nitrogen and oxygen atoms in total. The highest BCUT2D eigenvalue weighted by Crippen LogP contribution is 2.20. The van der Waals surface area contributed by atoms with Crippen LogP contribution in [0.3, 0.4) is 0 Å². The van der Waals surface area contributed by atoms with E-state index in [1.807, 2.05) is 52.6 Å². The maximum absolute atomic E-state index is 5.46. The van der Waals surface area contributed by atoms with Gasteiger partial charge in [-0.3, -0.25) is 19.0 Å². The molecule has 0 saturated heterocycles. The van der Waals surface area contributed by atoms with Gasteiger partial charge in [-0.15, -0.1) is 0 Å². The lowest BCUT2D eigenvalue weighted by molar-refractivity contribution is 0.527. The van der Waals surface area contributed by atoms with Crippen LogP contribution in [0.4, 0.5) is 0 Å². The standard InChI is InChI=1S/C19H21N7S/c1-13-4-6-16(7-5-13)11-24-12-17(9-20-24)26-18(22-23-19(26)27)15(3)25-10-14(2)8-21-25/h4-10,12,15H,11H2,1-3H3,(H,23,27)/t15-/m1/s1. The van der Waals surface area contributed by atoms with Crippen molar-refractivity contribution in [1.29, 1.82) is 0 Å². The van der Waals surface area contributed by atoms with Crippen LogP contribution in [-0.2, 0) is 6.54 Å². The number of hydrogen-bond donors (Lipinski definition) is 1. The van der Waals surface area contributed by atoms with Crippen LogP contribution in [0, 0.1) is 18.6 Å². The van der Waals surface area contributed by atoms with E-state index in [2.05, 4.69) is 51.6 Å². The molecule has 0 aliphatic rings. The number of aryl methyl sites for hydroxylation is 2. The van der Waals surface area contributed by atoms with Crippen molar-refractivity contribution in [2.45, 2.75) is 33.4 Å². The van der Waals surface area contributed by atoms with Crippen molar-refractivity contribution in [3.63, 3.8) is 0 Å². The van der Waals surface area contributed by atoms with E-state index in [-0.39, 0.29) is 6.04 Å². The van der Waals surface area contributed by atoms with E-state index in [1.54, 1.807) is 0 Å². The molecule has 3 heterocycles. The zero-order valence-corrected chi connectivity index (χ0v) is 16.3. The Morgan fingerprint density at radius 3 is 2.52 bits per heavy atom. The van der Waals surface area contributed by atoms with E-state index in [0.29, 0.717) is 11.3 Å². The molecular weight excluding hydrogens is 358 g/mol. The lowest BCUT2D eigenvalue weighted by Gasteiger charge is -2.12. The Hall–Kier alpha value is -3.00. The molecule has 1 N–H and O–H groups in total. The molecule has 0 amide bonds. The number of nitrogens with zero attached hydrogens (tertiary/aromatic N) is 6. The maximum Gasteiger partial charge on any atom is 0.200 e. The molecule has 0 fully saturated rings. The van der Waals surface area contributed by atoms with Gasteiger partial charge in [-0.05, 0) is 44.1 Å². The maximum atomic E-state index is 5.46. The molecule has 1 atom stereocenters. The third-order valence-corrected chi connectivity index (χ3v) is 4.82. The number of aromatic amines is 1. The molecule has 4 rings (SSSR count). The van der Waals surface area contributed by atoms with Gasteiger partial charge in [-0.25, -0.2) is 0 Å². The summed E-state index contributed by atoms with van der Waals surface area (Å²) in [5.41, 5.74) is 4.43. The van der Waals surface area contributed by atoms with Crippen LogP contribution in [0.25, 0.3) is 5.69 Å². The van der Waals surface area contributed by atoms with Crippen molar-refractivity contribution in [2.75, 3.05) is 0 Å². The minimum absolute atomic E-state index is 0.0629. The van der Waals surface area contributed by atoms with Gasteiger partial charge < -0.3 is 0 Å². The summed E-state index contributed by atoms with van der Waals surface area (Å²) in [6.45, 7) is 6.85. The second-order valence-electron chi connectivity index (χ2n) is 6.78. The Balaban J connectivity index is 1.64. The summed E-state index contributed by atoms with van der Waals surface area (Å²) in [5, 5.41) is 16.2. The minimum Gasteiger partial charge on any atom is -0.267 e. The van der Waals surface area contributed by atoms with E-state index in [4.69, 9.17) is 12.2 Å². The van der Waals surface area contributed by atoms with Crippen LogP contribution in [0.5, 0.6) is 0 Å². The molecule has 1 aromatic carbocycles. The predicted octanol–water partition coefficient (Wildman–Crippen LogP) is 3.60. The van der Waals surface area contributed by atoms with E-state index in [1.165, 1.54) is 11.1 Å². The van der Waals surface area contributed by atoms with Crippen molar-refractivity contribution in [3.8, 4) is 5.69 Å². The van der Waals surface area contributed by atoms with Gasteiger partial charge >= 0.3 is 0 Å². The molecule has 3 aromatic heterocycles. The topological polar surface area (TPSA) is 69.2 Å². The van der Waals surface area contributed by atoms with Crippen molar-refractivity contribution in [2.24, 2.45) is 0 Å². The SMILES string of the molecule is Cc1ccc(Cn2cc(-n3c([C@@H](C)n4cc(C)cn4)n[nH]c3=S)cn2)cc1. The molecule has 0 bridgehead atoms. The zero-order valence-electron chi connectivity index (χ0n) is 15.5. The number of benzene rings is 1. The molecule has 0 aliphatic carbocycles. The number of rotatable bonds is 5. The normalized spacial score (nSPS) is 12.4. The molecule has 27 heavy (non-hydrogen) atoms. The number of H-pyrrole nitrogens is 1. The fourth-order valence-electron chi connectivity index (χ4n) is 3.04. The number of hydrogen-bond acceptors (Lipinski definition) is 4. The van der Waals surface area contributed by atoms with E-state index < -0.39 is 0 Å². The third kappa shape index (κ3) is 3.48. The summed E-state index contributed by atoms with van der Waals surface area (Å²) in [7, 11) is 0. The first-order valence-corrected chi connectivity index (χ1v) is 9.18.